The second-order valence-electron chi connectivity index (χ2n) is 4.29. The summed E-state index contributed by atoms with van der Waals surface area (Å²) in [7, 11) is 0. The average Bonchev–Trinajstić information content (AvgIpc) is 2.76. The van der Waals surface area contributed by atoms with Crippen LogP contribution in [0.4, 0.5) is 0 Å². The SMILES string of the molecule is ClCCCc1nc(C2Cc3ccccc32)no1. The summed E-state index contributed by atoms with van der Waals surface area (Å²) in [6.07, 6.45) is 2.67. The van der Waals surface area contributed by atoms with Gasteiger partial charge in [-0.15, -0.1) is 11.6 Å². The van der Waals surface area contributed by atoms with Crippen LogP contribution in [0.25, 0.3) is 0 Å². The Balaban J connectivity index is 1.76. The number of hydrogen-bond donors (Lipinski definition) is 0. The Morgan fingerprint density at radius 3 is 3.06 bits per heavy atom. The van der Waals surface area contributed by atoms with Crippen molar-refractivity contribution in [3.8, 4) is 0 Å². The van der Waals surface area contributed by atoms with Crippen molar-refractivity contribution in [2.75, 3.05) is 5.88 Å². The molecular formula is C13H13ClN2O. The zero-order valence-electron chi connectivity index (χ0n) is 9.40. The molecule has 17 heavy (non-hydrogen) atoms. The first kappa shape index (κ1) is 10.8. The van der Waals surface area contributed by atoms with Crippen LogP contribution in [0.1, 0.15) is 35.2 Å². The van der Waals surface area contributed by atoms with Crippen LogP contribution in [-0.2, 0) is 12.8 Å². The van der Waals surface area contributed by atoms with Crippen molar-refractivity contribution < 1.29 is 4.52 Å². The van der Waals surface area contributed by atoms with E-state index in [1.165, 1.54) is 11.1 Å². The van der Waals surface area contributed by atoms with Gasteiger partial charge in [-0.25, -0.2) is 0 Å². The maximum Gasteiger partial charge on any atom is 0.226 e. The number of rotatable bonds is 4. The van der Waals surface area contributed by atoms with Crippen molar-refractivity contribution in [1.29, 1.82) is 0 Å². The van der Waals surface area contributed by atoms with Gasteiger partial charge in [0.1, 0.15) is 0 Å². The number of hydrogen-bond acceptors (Lipinski definition) is 3. The maximum absolute atomic E-state index is 5.64. The van der Waals surface area contributed by atoms with E-state index in [1.807, 2.05) is 0 Å². The topological polar surface area (TPSA) is 38.9 Å². The minimum absolute atomic E-state index is 0.319. The smallest absolute Gasteiger partial charge is 0.226 e. The maximum atomic E-state index is 5.64. The van der Waals surface area contributed by atoms with Crippen molar-refractivity contribution >= 4 is 11.6 Å². The molecular weight excluding hydrogens is 236 g/mol. The van der Waals surface area contributed by atoms with E-state index in [-0.39, 0.29) is 0 Å². The molecule has 1 atom stereocenters. The molecule has 0 amide bonds. The summed E-state index contributed by atoms with van der Waals surface area (Å²) in [5, 5.41) is 4.06. The largest absolute Gasteiger partial charge is 0.339 e. The Bertz CT molecular complexity index is 524. The Morgan fingerprint density at radius 2 is 2.24 bits per heavy atom. The van der Waals surface area contributed by atoms with Gasteiger partial charge in [-0.2, -0.15) is 4.98 Å². The van der Waals surface area contributed by atoms with Gasteiger partial charge in [0.2, 0.25) is 5.89 Å². The highest BCUT2D eigenvalue weighted by Crippen LogP contribution is 2.38. The molecule has 0 saturated heterocycles. The molecule has 1 aromatic carbocycles. The molecule has 0 spiro atoms. The lowest BCUT2D eigenvalue weighted by atomic mass is 9.77. The summed E-state index contributed by atoms with van der Waals surface area (Å²) >= 11 is 5.64. The van der Waals surface area contributed by atoms with Gasteiger partial charge in [0.15, 0.2) is 5.82 Å². The van der Waals surface area contributed by atoms with E-state index in [1.54, 1.807) is 0 Å². The van der Waals surface area contributed by atoms with Crippen molar-refractivity contribution in [3.05, 3.63) is 47.1 Å². The van der Waals surface area contributed by atoms with Gasteiger partial charge in [-0.1, -0.05) is 29.4 Å². The van der Waals surface area contributed by atoms with Gasteiger partial charge in [0, 0.05) is 12.3 Å². The highest BCUT2D eigenvalue weighted by atomic mass is 35.5. The van der Waals surface area contributed by atoms with Crippen molar-refractivity contribution in [2.24, 2.45) is 0 Å². The zero-order chi connectivity index (χ0) is 11.7. The molecule has 1 aliphatic carbocycles. The summed E-state index contributed by atoms with van der Waals surface area (Å²) in [6.45, 7) is 0. The quantitative estimate of drug-likeness (QED) is 0.781. The van der Waals surface area contributed by atoms with Crippen LogP contribution in [-0.4, -0.2) is 16.0 Å². The van der Waals surface area contributed by atoms with Gasteiger partial charge in [-0.3, -0.25) is 0 Å². The summed E-state index contributed by atoms with van der Waals surface area (Å²) < 4.78 is 5.22. The van der Waals surface area contributed by atoms with Gasteiger partial charge < -0.3 is 4.52 Å². The van der Waals surface area contributed by atoms with Crippen molar-refractivity contribution in [1.82, 2.24) is 10.1 Å². The lowest BCUT2D eigenvalue weighted by Crippen LogP contribution is -2.19. The molecule has 3 nitrogen and oxygen atoms in total. The Kier molecular flexibility index (Phi) is 2.85. The van der Waals surface area contributed by atoms with Crippen LogP contribution in [0, 0.1) is 0 Å². The second kappa shape index (κ2) is 4.49. The van der Waals surface area contributed by atoms with Crippen LogP contribution in [0.5, 0.6) is 0 Å². The molecule has 88 valence electrons. The Labute approximate surface area is 105 Å². The molecule has 1 unspecified atom stereocenters. The van der Waals surface area contributed by atoms with Crippen LogP contribution < -0.4 is 0 Å². The van der Waals surface area contributed by atoms with E-state index >= 15 is 0 Å². The zero-order valence-corrected chi connectivity index (χ0v) is 10.2. The molecule has 4 heteroatoms. The molecule has 1 heterocycles. The number of aromatic nitrogens is 2. The highest BCUT2D eigenvalue weighted by molar-refractivity contribution is 6.17. The number of fused-ring (bicyclic) bond motifs is 1. The third-order valence-electron chi connectivity index (χ3n) is 3.17. The van der Waals surface area contributed by atoms with E-state index in [0.29, 0.717) is 17.7 Å². The van der Waals surface area contributed by atoms with E-state index < -0.39 is 0 Å². The van der Waals surface area contributed by atoms with E-state index in [4.69, 9.17) is 16.1 Å². The summed E-state index contributed by atoms with van der Waals surface area (Å²) in [6, 6.07) is 8.41. The highest BCUT2D eigenvalue weighted by Gasteiger charge is 2.30. The van der Waals surface area contributed by atoms with Gasteiger partial charge in [0.25, 0.3) is 0 Å². The fraction of sp³-hybridized carbons (Fsp3) is 0.385. The summed E-state index contributed by atoms with van der Waals surface area (Å²) in [5.74, 6) is 2.46. The first-order valence-electron chi connectivity index (χ1n) is 5.84. The molecule has 0 aliphatic heterocycles. The first-order chi connectivity index (χ1) is 8.38. The normalized spacial score (nSPS) is 17.6. The third-order valence-corrected chi connectivity index (χ3v) is 3.44. The monoisotopic (exact) mass is 248 g/mol. The van der Waals surface area contributed by atoms with E-state index in [2.05, 4.69) is 34.4 Å². The van der Waals surface area contributed by atoms with Crippen molar-refractivity contribution in [3.63, 3.8) is 0 Å². The summed E-state index contributed by atoms with van der Waals surface area (Å²) in [5.41, 5.74) is 2.72. The fourth-order valence-electron chi connectivity index (χ4n) is 2.22. The van der Waals surface area contributed by atoms with E-state index in [9.17, 15) is 0 Å². The minimum Gasteiger partial charge on any atom is -0.339 e. The molecule has 2 aromatic rings. The molecule has 1 aromatic heterocycles. The van der Waals surface area contributed by atoms with Crippen LogP contribution in [0.3, 0.4) is 0 Å². The molecule has 0 N–H and O–H groups in total. The predicted octanol–water partition coefficient (Wildman–Crippen LogP) is 2.93. The first-order valence-corrected chi connectivity index (χ1v) is 6.38. The van der Waals surface area contributed by atoms with Crippen LogP contribution in [0.2, 0.25) is 0 Å². The second-order valence-corrected chi connectivity index (χ2v) is 4.67. The Morgan fingerprint density at radius 1 is 1.35 bits per heavy atom. The van der Waals surface area contributed by atoms with E-state index in [0.717, 1.165) is 25.1 Å². The number of halogens is 1. The number of nitrogens with zero attached hydrogens (tertiary/aromatic N) is 2. The van der Waals surface area contributed by atoms with Crippen LogP contribution in [0.15, 0.2) is 28.8 Å². The van der Waals surface area contributed by atoms with Crippen LogP contribution >= 0.6 is 11.6 Å². The molecule has 0 radical (unpaired) electrons. The number of benzene rings is 1. The third kappa shape index (κ3) is 1.95. The molecule has 0 fully saturated rings. The summed E-state index contributed by atoms with van der Waals surface area (Å²) in [4.78, 5) is 4.43. The minimum atomic E-state index is 0.319. The van der Waals surface area contributed by atoms with Gasteiger partial charge in [-0.05, 0) is 24.0 Å². The fourth-order valence-corrected chi connectivity index (χ4v) is 2.35. The number of aryl methyl sites for hydroxylation is 1. The van der Waals surface area contributed by atoms with Gasteiger partial charge >= 0.3 is 0 Å². The molecule has 0 bridgehead atoms. The average molecular weight is 249 g/mol. The predicted molar refractivity (Wildman–Crippen MR) is 65.3 cm³/mol. The standard InChI is InChI=1S/C13H13ClN2O/c14-7-3-6-12-15-13(16-17-12)11-8-9-4-1-2-5-10(9)11/h1-2,4-5,11H,3,6-8H2. The Hall–Kier alpha value is -1.35. The van der Waals surface area contributed by atoms with Gasteiger partial charge in [0.05, 0.1) is 5.92 Å². The molecule has 3 rings (SSSR count). The molecule has 0 saturated carbocycles. The van der Waals surface area contributed by atoms with Crippen molar-refractivity contribution in [2.45, 2.75) is 25.2 Å². The lowest BCUT2D eigenvalue weighted by molar-refractivity contribution is 0.369. The number of alkyl halides is 1. The lowest BCUT2D eigenvalue weighted by Gasteiger charge is -2.27. The molecule has 1 aliphatic rings.